The summed E-state index contributed by atoms with van der Waals surface area (Å²) >= 11 is 5.38. The fourth-order valence-electron chi connectivity index (χ4n) is 2.58. The van der Waals surface area contributed by atoms with Crippen LogP contribution >= 0.6 is 12.2 Å². The number of H-pyrrole nitrogens is 1. The quantitative estimate of drug-likeness (QED) is 0.828. The van der Waals surface area contributed by atoms with Gasteiger partial charge in [0.05, 0.1) is 5.52 Å². The molecule has 5 heteroatoms. The van der Waals surface area contributed by atoms with E-state index in [1.165, 1.54) is 19.4 Å². The SMILES string of the molecule is CN1CCCC1Cn1c(=S)[nH]c2cccnc21. The Hall–Kier alpha value is -1.20. The number of aromatic nitrogens is 3. The number of fused-ring (bicyclic) bond motifs is 1. The van der Waals surface area contributed by atoms with Crippen molar-refractivity contribution < 1.29 is 0 Å². The summed E-state index contributed by atoms with van der Waals surface area (Å²) in [5.74, 6) is 0. The smallest absolute Gasteiger partial charge is 0.179 e. The maximum absolute atomic E-state index is 5.38. The van der Waals surface area contributed by atoms with Crippen LogP contribution in [-0.4, -0.2) is 39.1 Å². The first-order valence-corrected chi connectivity index (χ1v) is 6.40. The predicted molar refractivity (Wildman–Crippen MR) is 70.6 cm³/mol. The normalized spacial score (nSPS) is 21.4. The zero-order valence-corrected chi connectivity index (χ0v) is 10.7. The van der Waals surface area contributed by atoms with Crippen LogP contribution in [0, 0.1) is 4.77 Å². The largest absolute Gasteiger partial charge is 0.329 e. The van der Waals surface area contributed by atoms with Gasteiger partial charge in [0.15, 0.2) is 10.4 Å². The number of imidazole rings is 1. The molecular formula is C12H16N4S. The van der Waals surface area contributed by atoms with Gasteiger partial charge < -0.3 is 9.88 Å². The van der Waals surface area contributed by atoms with E-state index in [2.05, 4.69) is 26.5 Å². The molecule has 90 valence electrons. The van der Waals surface area contributed by atoms with Crippen LogP contribution in [0.2, 0.25) is 0 Å². The number of aromatic amines is 1. The Balaban J connectivity index is 1.99. The number of nitrogens with one attached hydrogen (secondary N) is 1. The average Bonchev–Trinajstić information content (AvgIpc) is 2.85. The second-order valence-electron chi connectivity index (χ2n) is 4.69. The molecule has 1 atom stereocenters. The summed E-state index contributed by atoms with van der Waals surface area (Å²) in [6.45, 7) is 2.13. The Bertz CT molecular complexity index is 585. The highest BCUT2D eigenvalue weighted by Crippen LogP contribution is 2.19. The van der Waals surface area contributed by atoms with E-state index in [1.807, 2.05) is 18.3 Å². The summed E-state index contributed by atoms with van der Waals surface area (Å²) in [6, 6.07) is 4.54. The molecule has 1 aliphatic rings. The third-order valence-corrected chi connectivity index (χ3v) is 3.92. The van der Waals surface area contributed by atoms with E-state index < -0.39 is 0 Å². The summed E-state index contributed by atoms with van der Waals surface area (Å²) in [5, 5.41) is 0. The van der Waals surface area contributed by atoms with E-state index in [4.69, 9.17) is 12.2 Å². The Morgan fingerprint density at radius 1 is 1.59 bits per heavy atom. The number of likely N-dealkylation sites (N-methyl/N-ethyl adjacent to an activating group) is 1. The van der Waals surface area contributed by atoms with E-state index >= 15 is 0 Å². The number of likely N-dealkylation sites (tertiary alicyclic amines) is 1. The van der Waals surface area contributed by atoms with E-state index in [1.54, 1.807) is 0 Å². The van der Waals surface area contributed by atoms with Crippen molar-refractivity contribution in [3.8, 4) is 0 Å². The molecule has 0 saturated carbocycles. The highest BCUT2D eigenvalue weighted by atomic mass is 32.1. The molecule has 1 saturated heterocycles. The summed E-state index contributed by atoms with van der Waals surface area (Å²) in [7, 11) is 2.18. The molecule has 0 bridgehead atoms. The minimum Gasteiger partial charge on any atom is -0.329 e. The molecular weight excluding hydrogens is 232 g/mol. The molecule has 1 fully saturated rings. The zero-order chi connectivity index (χ0) is 11.8. The van der Waals surface area contributed by atoms with Gasteiger partial charge in [-0.3, -0.25) is 4.57 Å². The van der Waals surface area contributed by atoms with Gasteiger partial charge in [0.1, 0.15) is 0 Å². The van der Waals surface area contributed by atoms with Crippen LogP contribution in [-0.2, 0) is 6.54 Å². The van der Waals surface area contributed by atoms with E-state index in [-0.39, 0.29) is 0 Å². The van der Waals surface area contributed by atoms with Gasteiger partial charge in [0.2, 0.25) is 0 Å². The Morgan fingerprint density at radius 3 is 3.24 bits per heavy atom. The molecule has 0 aliphatic carbocycles. The maximum atomic E-state index is 5.38. The highest BCUT2D eigenvalue weighted by molar-refractivity contribution is 7.71. The molecule has 3 heterocycles. The molecule has 4 nitrogen and oxygen atoms in total. The summed E-state index contributed by atoms with van der Waals surface area (Å²) in [4.78, 5) is 10.0. The lowest BCUT2D eigenvalue weighted by Crippen LogP contribution is -2.29. The van der Waals surface area contributed by atoms with E-state index in [0.717, 1.165) is 22.5 Å². The fourth-order valence-corrected chi connectivity index (χ4v) is 2.85. The van der Waals surface area contributed by atoms with Crippen molar-refractivity contribution in [1.29, 1.82) is 0 Å². The molecule has 3 rings (SSSR count). The Kier molecular flexibility index (Phi) is 2.72. The van der Waals surface area contributed by atoms with E-state index in [9.17, 15) is 0 Å². The lowest BCUT2D eigenvalue weighted by molar-refractivity contribution is 0.283. The van der Waals surface area contributed by atoms with Crippen LogP contribution in [0.3, 0.4) is 0 Å². The summed E-state index contributed by atoms with van der Waals surface area (Å²) < 4.78 is 2.90. The van der Waals surface area contributed by atoms with Gasteiger partial charge in [0, 0.05) is 18.8 Å². The van der Waals surface area contributed by atoms with Crippen LogP contribution in [0.15, 0.2) is 18.3 Å². The molecule has 0 aromatic carbocycles. The first-order valence-electron chi connectivity index (χ1n) is 5.99. The second kappa shape index (κ2) is 4.23. The molecule has 2 aromatic heterocycles. The molecule has 0 spiro atoms. The first-order chi connectivity index (χ1) is 8.25. The van der Waals surface area contributed by atoms with Crippen LogP contribution < -0.4 is 0 Å². The zero-order valence-electron chi connectivity index (χ0n) is 9.89. The average molecular weight is 248 g/mol. The van der Waals surface area contributed by atoms with Crippen LogP contribution in [0.4, 0.5) is 0 Å². The van der Waals surface area contributed by atoms with Crippen molar-refractivity contribution in [2.45, 2.75) is 25.4 Å². The van der Waals surface area contributed by atoms with Crippen LogP contribution in [0.25, 0.3) is 11.2 Å². The molecule has 0 amide bonds. The van der Waals surface area contributed by atoms with Crippen molar-refractivity contribution in [1.82, 2.24) is 19.4 Å². The number of pyridine rings is 1. The van der Waals surface area contributed by atoms with Gasteiger partial charge in [-0.2, -0.15) is 0 Å². The van der Waals surface area contributed by atoms with Gasteiger partial charge in [0.25, 0.3) is 0 Å². The minimum atomic E-state index is 0.586. The topological polar surface area (TPSA) is 36.9 Å². The third-order valence-electron chi connectivity index (χ3n) is 3.59. The maximum Gasteiger partial charge on any atom is 0.179 e. The van der Waals surface area contributed by atoms with Gasteiger partial charge >= 0.3 is 0 Å². The second-order valence-corrected chi connectivity index (χ2v) is 5.08. The van der Waals surface area contributed by atoms with Crippen molar-refractivity contribution in [3.05, 3.63) is 23.1 Å². The third kappa shape index (κ3) is 1.89. The monoisotopic (exact) mass is 248 g/mol. The number of nitrogens with zero attached hydrogens (tertiary/aromatic N) is 3. The molecule has 17 heavy (non-hydrogen) atoms. The number of hydrogen-bond donors (Lipinski definition) is 1. The Morgan fingerprint density at radius 2 is 2.47 bits per heavy atom. The standard InChI is InChI=1S/C12H16N4S/c1-15-7-3-4-9(15)8-16-11-10(14-12(16)17)5-2-6-13-11/h2,5-6,9H,3-4,7-8H2,1H3,(H,14,17). The lowest BCUT2D eigenvalue weighted by Gasteiger charge is -2.19. The van der Waals surface area contributed by atoms with Gasteiger partial charge in [-0.1, -0.05) is 0 Å². The van der Waals surface area contributed by atoms with Crippen molar-refractivity contribution in [2.75, 3.05) is 13.6 Å². The van der Waals surface area contributed by atoms with Crippen molar-refractivity contribution in [2.24, 2.45) is 0 Å². The predicted octanol–water partition coefficient (Wildman–Crippen LogP) is 2.19. The van der Waals surface area contributed by atoms with E-state index in [0.29, 0.717) is 6.04 Å². The molecule has 0 radical (unpaired) electrons. The van der Waals surface area contributed by atoms with Gasteiger partial charge in [-0.05, 0) is 50.8 Å². The van der Waals surface area contributed by atoms with Crippen molar-refractivity contribution in [3.63, 3.8) is 0 Å². The van der Waals surface area contributed by atoms with Crippen LogP contribution in [0.1, 0.15) is 12.8 Å². The first kappa shape index (κ1) is 10.9. The van der Waals surface area contributed by atoms with Gasteiger partial charge in [-0.25, -0.2) is 4.98 Å². The molecule has 1 N–H and O–H groups in total. The number of rotatable bonds is 2. The highest BCUT2D eigenvalue weighted by Gasteiger charge is 2.22. The minimum absolute atomic E-state index is 0.586. The van der Waals surface area contributed by atoms with Gasteiger partial charge in [-0.15, -0.1) is 0 Å². The summed E-state index contributed by atoms with van der Waals surface area (Å²) in [5.41, 5.74) is 2.00. The molecule has 2 aromatic rings. The van der Waals surface area contributed by atoms with Crippen LogP contribution in [0.5, 0.6) is 0 Å². The van der Waals surface area contributed by atoms with Crippen molar-refractivity contribution >= 4 is 23.4 Å². The fraction of sp³-hybridized carbons (Fsp3) is 0.500. The molecule has 1 aliphatic heterocycles. The lowest BCUT2D eigenvalue weighted by atomic mass is 10.2. The Labute approximate surface area is 105 Å². The molecule has 1 unspecified atom stereocenters. The number of hydrogen-bond acceptors (Lipinski definition) is 3. The summed E-state index contributed by atoms with van der Waals surface area (Å²) in [6.07, 6.45) is 4.35.